The number of fused-ring (bicyclic) bond motifs is 1. The number of methoxy groups -OCH3 is 1. The number of nitrogens with one attached hydrogen (secondary N) is 1. The summed E-state index contributed by atoms with van der Waals surface area (Å²) in [5, 5.41) is 7.14. The molecule has 0 bridgehead atoms. The summed E-state index contributed by atoms with van der Waals surface area (Å²) in [6.07, 6.45) is 1.47. The van der Waals surface area contributed by atoms with Gasteiger partial charge in [0.15, 0.2) is 29.6 Å². The second-order valence-electron chi connectivity index (χ2n) is 6.76. The first-order chi connectivity index (χ1) is 15.0. The molecule has 1 amide bonds. The summed E-state index contributed by atoms with van der Waals surface area (Å²) in [6.45, 7) is 1.58. The van der Waals surface area contributed by atoms with E-state index >= 15 is 0 Å². The number of aromatic nitrogens is 4. The highest BCUT2D eigenvalue weighted by atomic mass is 19.1. The van der Waals surface area contributed by atoms with Gasteiger partial charge < -0.3 is 14.8 Å². The molecule has 8 nitrogen and oxygen atoms in total. The highest BCUT2D eigenvalue weighted by Crippen LogP contribution is 2.25. The van der Waals surface area contributed by atoms with Crippen LogP contribution in [-0.2, 0) is 4.79 Å². The lowest BCUT2D eigenvalue weighted by atomic mass is 10.1. The van der Waals surface area contributed by atoms with E-state index in [4.69, 9.17) is 9.47 Å². The van der Waals surface area contributed by atoms with Crippen molar-refractivity contribution in [1.82, 2.24) is 24.9 Å². The number of halogens is 1. The van der Waals surface area contributed by atoms with Crippen molar-refractivity contribution in [2.45, 2.75) is 13.0 Å². The summed E-state index contributed by atoms with van der Waals surface area (Å²) >= 11 is 0. The summed E-state index contributed by atoms with van der Waals surface area (Å²) in [5.41, 5.74) is 1.32. The van der Waals surface area contributed by atoms with Crippen molar-refractivity contribution in [2.75, 3.05) is 13.7 Å². The van der Waals surface area contributed by atoms with E-state index < -0.39 is 6.04 Å². The Balaban J connectivity index is 1.44. The van der Waals surface area contributed by atoms with Gasteiger partial charge in [-0.15, -0.1) is 5.10 Å². The monoisotopic (exact) mass is 421 g/mol. The van der Waals surface area contributed by atoms with Gasteiger partial charge in [-0.05, 0) is 31.2 Å². The minimum Gasteiger partial charge on any atom is -0.493 e. The smallest absolute Gasteiger partial charge is 0.258 e. The zero-order valence-electron chi connectivity index (χ0n) is 16.9. The fraction of sp³-hybridized carbons (Fsp3) is 0.182. The third kappa shape index (κ3) is 4.45. The third-order valence-electron chi connectivity index (χ3n) is 4.59. The number of amides is 1. The number of rotatable bonds is 7. The lowest BCUT2D eigenvalue weighted by Gasteiger charge is -2.12. The second kappa shape index (κ2) is 8.78. The zero-order chi connectivity index (χ0) is 21.8. The SMILES string of the molecule is COc1ccccc1OCC(=O)N[C@H](C)c1nc2cc(-c3ccccc3F)ncn2n1. The first-order valence-corrected chi connectivity index (χ1v) is 9.57. The van der Waals surface area contributed by atoms with E-state index in [1.807, 2.05) is 6.07 Å². The quantitative estimate of drug-likeness (QED) is 0.493. The van der Waals surface area contributed by atoms with Crippen molar-refractivity contribution >= 4 is 11.6 Å². The number of carbonyl (C=O) groups excluding carboxylic acids is 1. The summed E-state index contributed by atoms with van der Waals surface area (Å²) in [4.78, 5) is 21.0. The second-order valence-corrected chi connectivity index (χ2v) is 6.76. The van der Waals surface area contributed by atoms with Gasteiger partial charge in [0, 0.05) is 11.6 Å². The summed E-state index contributed by atoms with van der Waals surface area (Å²) in [5.74, 6) is 0.726. The number of ether oxygens (including phenoxy) is 2. The summed E-state index contributed by atoms with van der Waals surface area (Å²) in [6, 6.07) is 14.6. The van der Waals surface area contributed by atoms with Crippen molar-refractivity contribution in [3.05, 3.63) is 72.6 Å². The van der Waals surface area contributed by atoms with Gasteiger partial charge in [0.25, 0.3) is 5.91 Å². The lowest BCUT2D eigenvalue weighted by Crippen LogP contribution is -2.31. The highest BCUT2D eigenvalue weighted by molar-refractivity contribution is 5.78. The molecule has 0 saturated heterocycles. The van der Waals surface area contributed by atoms with Gasteiger partial charge in [-0.25, -0.2) is 18.9 Å². The van der Waals surface area contributed by atoms with Crippen LogP contribution in [0.25, 0.3) is 16.9 Å². The molecule has 31 heavy (non-hydrogen) atoms. The molecule has 4 aromatic rings. The van der Waals surface area contributed by atoms with E-state index in [1.165, 1.54) is 24.0 Å². The molecule has 0 unspecified atom stereocenters. The van der Waals surface area contributed by atoms with Crippen LogP contribution in [0.1, 0.15) is 18.8 Å². The number of hydrogen-bond acceptors (Lipinski definition) is 6. The van der Waals surface area contributed by atoms with Gasteiger partial charge in [0.1, 0.15) is 12.1 Å². The Morgan fingerprint density at radius 3 is 2.68 bits per heavy atom. The minimum atomic E-state index is -0.467. The van der Waals surface area contributed by atoms with Crippen LogP contribution in [0.2, 0.25) is 0 Å². The maximum atomic E-state index is 14.0. The normalized spacial score (nSPS) is 11.8. The van der Waals surface area contributed by atoms with Crippen LogP contribution in [0, 0.1) is 5.82 Å². The predicted octanol–water partition coefficient (Wildman–Crippen LogP) is 3.20. The molecule has 0 spiro atoms. The van der Waals surface area contributed by atoms with Crippen molar-refractivity contribution < 1.29 is 18.7 Å². The van der Waals surface area contributed by atoms with Crippen molar-refractivity contribution in [3.8, 4) is 22.8 Å². The fourth-order valence-electron chi connectivity index (χ4n) is 3.04. The first-order valence-electron chi connectivity index (χ1n) is 9.57. The molecule has 1 N–H and O–H groups in total. The Bertz CT molecular complexity index is 1230. The van der Waals surface area contributed by atoms with Crippen molar-refractivity contribution in [1.29, 1.82) is 0 Å². The maximum Gasteiger partial charge on any atom is 0.258 e. The predicted molar refractivity (Wildman–Crippen MR) is 111 cm³/mol. The first kappa shape index (κ1) is 20.3. The van der Waals surface area contributed by atoms with Crippen LogP contribution in [0.3, 0.4) is 0 Å². The molecule has 0 saturated carbocycles. The third-order valence-corrected chi connectivity index (χ3v) is 4.59. The molecular formula is C22H20FN5O3. The molecule has 2 aromatic carbocycles. The number of nitrogens with zero attached hydrogens (tertiary/aromatic N) is 4. The molecule has 9 heteroatoms. The minimum absolute atomic E-state index is 0.183. The summed E-state index contributed by atoms with van der Waals surface area (Å²) < 4.78 is 26.3. The van der Waals surface area contributed by atoms with Crippen LogP contribution < -0.4 is 14.8 Å². The molecule has 4 rings (SSSR count). The van der Waals surface area contributed by atoms with E-state index in [9.17, 15) is 9.18 Å². The number of para-hydroxylation sites is 2. The van der Waals surface area contributed by atoms with Crippen LogP contribution in [0.5, 0.6) is 11.5 Å². The van der Waals surface area contributed by atoms with E-state index in [0.717, 1.165) is 0 Å². The van der Waals surface area contributed by atoms with Crippen LogP contribution in [0.15, 0.2) is 60.9 Å². The Kier molecular flexibility index (Phi) is 5.74. The number of benzene rings is 2. The molecule has 1 atom stereocenters. The van der Waals surface area contributed by atoms with Gasteiger partial charge in [0.05, 0.1) is 18.8 Å². The molecule has 2 aromatic heterocycles. The van der Waals surface area contributed by atoms with E-state index in [1.54, 1.807) is 49.4 Å². The Labute approximate surface area is 177 Å². The van der Waals surface area contributed by atoms with E-state index in [2.05, 4.69) is 20.4 Å². The Morgan fingerprint density at radius 1 is 1.16 bits per heavy atom. The average molecular weight is 421 g/mol. The van der Waals surface area contributed by atoms with E-state index in [-0.39, 0.29) is 18.3 Å². The van der Waals surface area contributed by atoms with Gasteiger partial charge in [-0.1, -0.05) is 24.3 Å². The van der Waals surface area contributed by atoms with Crippen molar-refractivity contribution in [2.24, 2.45) is 0 Å². The molecule has 0 aliphatic carbocycles. The molecule has 0 radical (unpaired) electrons. The van der Waals surface area contributed by atoms with Gasteiger partial charge in [-0.3, -0.25) is 4.79 Å². The van der Waals surface area contributed by atoms with Crippen LogP contribution >= 0.6 is 0 Å². The fourth-order valence-corrected chi connectivity index (χ4v) is 3.04. The van der Waals surface area contributed by atoms with Crippen LogP contribution in [-0.4, -0.2) is 39.2 Å². The van der Waals surface area contributed by atoms with Crippen LogP contribution in [0.4, 0.5) is 4.39 Å². The van der Waals surface area contributed by atoms with Crippen molar-refractivity contribution in [3.63, 3.8) is 0 Å². The van der Waals surface area contributed by atoms with Gasteiger partial charge in [0.2, 0.25) is 0 Å². The number of hydrogen-bond donors (Lipinski definition) is 1. The largest absolute Gasteiger partial charge is 0.493 e. The molecule has 2 heterocycles. The maximum absolute atomic E-state index is 14.0. The van der Waals surface area contributed by atoms with Gasteiger partial charge in [-0.2, -0.15) is 0 Å². The lowest BCUT2D eigenvalue weighted by molar-refractivity contribution is -0.123. The van der Waals surface area contributed by atoms with E-state index in [0.29, 0.717) is 34.2 Å². The average Bonchev–Trinajstić information content (AvgIpc) is 3.22. The Hall–Kier alpha value is -4.01. The topological polar surface area (TPSA) is 90.6 Å². The molecular weight excluding hydrogens is 401 g/mol. The Morgan fingerprint density at radius 2 is 1.90 bits per heavy atom. The molecule has 0 fully saturated rings. The molecule has 158 valence electrons. The number of carbonyl (C=O) groups is 1. The molecule has 0 aliphatic heterocycles. The highest BCUT2D eigenvalue weighted by Gasteiger charge is 2.17. The summed E-state index contributed by atoms with van der Waals surface area (Å²) in [7, 11) is 1.53. The molecule has 0 aliphatic rings. The zero-order valence-corrected chi connectivity index (χ0v) is 16.9. The standard InChI is InChI=1S/C22H20FN5O3/c1-14(25-21(29)12-31-19-10-6-5-9-18(19)30-2)22-26-20-11-17(24-13-28(20)27-22)15-7-3-4-8-16(15)23/h3-11,13-14H,12H2,1-2H3,(H,25,29)/t14-/m1/s1. The van der Waals surface area contributed by atoms with Gasteiger partial charge >= 0.3 is 0 Å².